The van der Waals surface area contributed by atoms with Crippen LogP contribution in [0.3, 0.4) is 0 Å². The number of sulfonamides is 1. The van der Waals surface area contributed by atoms with Crippen LogP contribution in [0.1, 0.15) is 31.0 Å². The first-order valence-electron chi connectivity index (χ1n) is 6.65. The molecule has 0 spiro atoms. The number of nitrogens with one attached hydrogen (secondary N) is 1. The number of aromatic nitrogens is 1. The zero-order chi connectivity index (χ0) is 15.5. The molecule has 4 nitrogen and oxygen atoms in total. The van der Waals surface area contributed by atoms with Crippen LogP contribution in [0.25, 0.3) is 0 Å². The molecule has 1 unspecified atom stereocenters. The average Bonchev–Trinajstić information content (AvgIpc) is 2.47. The first-order chi connectivity index (χ1) is 9.94. The monoisotopic (exact) mass is 308 g/mol. The molecule has 0 aliphatic heterocycles. The zero-order valence-electron chi connectivity index (χ0n) is 11.9. The van der Waals surface area contributed by atoms with E-state index in [2.05, 4.69) is 9.71 Å². The molecule has 0 aliphatic carbocycles. The van der Waals surface area contributed by atoms with Crippen molar-refractivity contribution in [3.63, 3.8) is 0 Å². The minimum atomic E-state index is -3.99. The van der Waals surface area contributed by atoms with E-state index in [9.17, 15) is 12.8 Å². The summed E-state index contributed by atoms with van der Waals surface area (Å²) in [7, 11) is -3.99. The summed E-state index contributed by atoms with van der Waals surface area (Å²) in [6, 6.07) is 9.57. The van der Waals surface area contributed by atoms with Crippen LogP contribution in [0.15, 0.2) is 47.6 Å². The first kappa shape index (κ1) is 15.6. The number of hydrogen-bond donors (Lipinski definition) is 1. The third-order valence-electron chi connectivity index (χ3n) is 3.20. The molecule has 1 atom stereocenters. The van der Waals surface area contributed by atoms with Gasteiger partial charge in [-0.2, -0.15) is 0 Å². The summed E-state index contributed by atoms with van der Waals surface area (Å²) in [6.07, 6.45) is 2.16. The highest BCUT2D eigenvalue weighted by atomic mass is 32.2. The van der Waals surface area contributed by atoms with Crippen molar-refractivity contribution < 1.29 is 12.8 Å². The summed E-state index contributed by atoms with van der Waals surface area (Å²) in [6.45, 7) is 3.75. The normalized spacial score (nSPS) is 13.1. The third kappa shape index (κ3) is 3.65. The van der Waals surface area contributed by atoms with Crippen LogP contribution in [0.2, 0.25) is 0 Å². The van der Waals surface area contributed by atoms with E-state index in [4.69, 9.17) is 0 Å². The summed E-state index contributed by atoms with van der Waals surface area (Å²) < 4.78 is 40.3. The van der Waals surface area contributed by atoms with E-state index in [0.29, 0.717) is 0 Å². The van der Waals surface area contributed by atoms with Crippen LogP contribution in [0, 0.1) is 5.82 Å². The van der Waals surface area contributed by atoms with Gasteiger partial charge in [-0.3, -0.25) is 0 Å². The number of benzene rings is 1. The Morgan fingerprint density at radius 1 is 1.24 bits per heavy atom. The van der Waals surface area contributed by atoms with Gasteiger partial charge in [-0.05, 0) is 36.6 Å². The van der Waals surface area contributed by atoms with Crippen molar-refractivity contribution in [2.24, 2.45) is 0 Å². The highest BCUT2D eigenvalue weighted by Crippen LogP contribution is 2.18. The number of pyridine rings is 1. The Balaban J connectivity index is 2.21. The molecule has 0 amide bonds. The molecular formula is C15H17FN2O2S. The van der Waals surface area contributed by atoms with Crippen LogP contribution < -0.4 is 4.72 Å². The van der Waals surface area contributed by atoms with Crippen LogP contribution in [0.4, 0.5) is 4.39 Å². The third-order valence-corrected chi connectivity index (χ3v) is 4.67. The van der Waals surface area contributed by atoms with E-state index in [1.165, 1.54) is 17.8 Å². The lowest BCUT2D eigenvalue weighted by molar-refractivity contribution is 0.536. The molecule has 0 saturated heterocycles. The maximum atomic E-state index is 13.6. The smallest absolute Gasteiger partial charge is 0.241 e. The second-order valence-electron chi connectivity index (χ2n) is 4.73. The quantitative estimate of drug-likeness (QED) is 0.924. The Morgan fingerprint density at radius 2 is 1.90 bits per heavy atom. The summed E-state index contributed by atoms with van der Waals surface area (Å²) >= 11 is 0. The lowest BCUT2D eigenvalue weighted by Gasteiger charge is -2.15. The van der Waals surface area contributed by atoms with E-state index in [1.807, 2.05) is 31.2 Å². The van der Waals surface area contributed by atoms with Gasteiger partial charge in [0.25, 0.3) is 10.0 Å². The van der Waals surface area contributed by atoms with Crippen molar-refractivity contribution >= 4 is 10.0 Å². The lowest BCUT2D eigenvalue weighted by Crippen LogP contribution is -2.28. The molecule has 0 saturated carbocycles. The van der Waals surface area contributed by atoms with Gasteiger partial charge in [-0.15, -0.1) is 0 Å². The van der Waals surface area contributed by atoms with E-state index >= 15 is 0 Å². The molecule has 21 heavy (non-hydrogen) atoms. The van der Waals surface area contributed by atoms with Crippen molar-refractivity contribution in [2.75, 3.05) is 0 Å². The van der Waals surface area contributed by atoms with Gasteiger partial charge in [0.1, 0.15) is 0 Å². The molecule has 1 aromatic carbocycles. The molecular weight excluding hydrogens is 291 g/mol. The van der Waals surface area contributed by atoms with Gasteiger partial charge >= 0.3 is 0 Å². The van der Waals surface area contributed by atoms with Crippen LogP contribution in [0.5, 0.6) is 0 Å². The SMILES string of the molecule is CCc1ccc(C(C)NS(=O)(=O)c2ncccc2F)cc1. The second kappa shape index (κ2) is 6.32. The molecule has 0 bridgehead atoms. The van der Waals surface area contributed by atoms with Crippen LogP contribution >= 0.6 is 0 Å². The van der Waals surface area contributed by atoms with Gasteiger partial charge < -0.3 is 0 Å². The number of rotatable bonds is 5. The fraction of sp³-hybridized carbons (Fsp3) is 0.267. The maximum Gasteiger partial charge on any atom is 0.261 e. The lowest BCUT2D eigenvalue weighted by atomic mass is 10.1. The van der Waals surface area contributed by atoms with Crippen LogP contribution in [-0.2, 0) is 16.4 Å². The predicted molar refractivity (Wildman–Crippen MR) is 78.8 cm³/mol. The van der Waals surface area contributed by atoms with Crippen molar-refractivity contribution in [3.05, 3.63) is 59.5 Å². The molecule has 0 fully saturated rings. The summed E-state index contributed by atoms with van der Waals surface area (Å²) in [5, 5.41) is -0.581. The Morgan fingerprint density at radius 3 is 2.48 bits per heavy atom. The van der Waals surface area contributed by atoms with Gasteiger partial charge in [-0.1, -0.05) is 31.2 Å². The summed E-state index contributed by atoms with van der Waals surface area (Å²) in [5.41, 5.74) is 1.98. The van der Waals surface area contributed by atoms with Crippen LogP contribution in [-0.4, -0.2) is 13.4 Å². The van der Waals surface area contributed by atoms with Gasteiger partial charge in [-0.25, -0.2) is 22.5 Å². The minimum absolute atomic E-state index is 0.470. The second-order valence-corrected chi connectivity index (χ2v) is 6.36. The first-order valence-corrected chi connectivity index (χ1v) is 8.14. The molecule has 1 aromatic heterocycles. The Kier molecular flexibility index (Phi) is 4.69. The summed E-state index contributed by atoms with van der Waals surface area (Å²) in [4.78, 5) is 3.60. The van der Waals surface area contributed by atoms with Gasteiger partial charge in [0.05, 0.1) is 0 Å². The molecule has 1 N–H and O–H groups in total. The highest BCUT2D eigenvalue weighted by molar-refractivity contribution is 7.89. The van der Waals surface area contributed by atoms with Crippen molar-refractivity contribution in [1.29, 1.82) is 0 Å². The molecule has 0 radical (unpaired) electrons. The Bertz CT molecular complexity index is 715. The van der Waals surface area contributed by atoms with Gasteiger partial charge in [0.15, 0.2) is 5.82 Å². The zero-order valence-corrected chi connectivity index (χ0v) is 12.7. The maximum absolute atomic E-state index is 13.6. The standard InChI is InChI=1S/C15H17FN2O2S/c1-3-12-6-8-13(9-7-12)11(2)18-21(19,20)15-14(16)5-4-10-17-15/h4-11,18H,3H2,1-2H3. The van der Waals surface area contributed by atoms with Crippen molar-refractivity contribution in [3.8, 4) is 0 Å². The van der Waals surface area contributed by atoms with Crippen molar-refractivity contribution in [1.82, 2.24) is 9.71 Å². The predicted octanol–water partition coefficient (Wildman–Crippen LogP) is 2.82. The molecule has 2 rings (SSSR count). The van der Waals surface area contributed by atoms with E-state index < -0.39 is 26.9 Å². The fourth-order valence-electron chi connectivity index (χ4n) is 1.97. The topological polar surface area (TPSA) is 59.1 Å². The number of halogens is 1. The molecule has 2 aromatic rings. The molecule has 0 aliphatic rings. The molecule has 112 valence electrons. The van der Waals surface area contributed by atoms with Gasteiger partial charge in [0.2, 0.25) is 5.03 Å². The summed E-state index contributed by atoms with van der Waals surface area (Å²) in [5.74, 6) is -0.862. The average molecular weight is 308 g/mol. The number of hydrogen-bond acceptors (Lipinski definition) is 3. The van der Waals surface area contributed by atoms with Crippen molar-refractivity contribution in [2.45, 2.75) is 31.3 Å². The fourth-order valence-corrected chi connectivity index (χ4v) is 3.21. The van der Waals surface area contributed by atoms with E-state index in [0.717, 1.165) is 18.1 Å². The number of aryl methyl sites for hydroxylation is 1. The largest absolute Gasteiger partial charge is 0.261 e. The van der Waals surface area contributed by atoms with E-state index in [1.54, 1.807) is 6.92 Å². The Labute approximate surface area is 124 Å². The Hall–Kier alpha value is -1.79. The highest BCUT2D eigenvalue weighted by Gasteiger charge is 2.23. The van der Waals surface area contributed by atoms with E-state index in [-0.39, 0.29) is 0 Å². The minimum Gasteiger partial charge on any atom is -0.241 e. The molecule has 1 heterocycles. The van der Waals surface area contributed by atoms with Gasteiger partial charge in [0, 0.05) is 12.2 Å². The molecule has 6 heteroatoms. The number of nitrogens with zero attached hydrogens (tertiary/aromatic N) is 1.